The largest absolute Gasteiger partial charge is 0.333 e. The van der Waals surface area contributed by atoms with Gasteiger partial charge in [-0.15, -0.1) is 0 Å². The standard InChI is InChI=1S/C25H25N3O/c29-25(20-10-4-8-18-9-5-13-26-22(18)20)28-16-21(17-6-2-1-3-7-17)24-23(28)19-11-14-27(24)15-12-19/h1-10,13,19,21,23-24H,11-12,14-16H2/t21-,23-,24-/m1/s1. The number of hydrogen-bond acceptors (Lipinski definition) is 3. The van der Waals surface area contributed by atoms with Crippen LogP contribution in [0.15, 0.2) is 66.9 Å². The van der Waals surface area contributed by atoms with Crippen molar-refractivity contribution < 1.29 is 4.79 Å². The zero-order valence-corrected chi connectivity index (χ0v) is 16.4. The fourth-order valence-corrected chi connectivity index (χ4v) is 6.08. The Morgan fingerprint density at radius 1 is 0.897 bits per heavy atom. The maximum atomic E-state index is 13.8. The molecular formula is C25H25N3O. The fraction of sp³-hybridized carbons (Fsp3) is 0.360. The molecular weight excluding hydrogens is 358 g/mol. The number of likely N-dealkylation sites (tertiary alicyclic amines) is 1. The minimum Gasteiger partial charge on any atom is -0.333 e. The molecule has 4 aliphatic rings. The molecule has 0 radical (unpaired) electrons. The number of para-hydroxylation sites is 1. The molecule has 2 bridgehead atoms. The summed E-state index contributed by atoms with van der Waals surface area (Å²) in [6.07, 6.45) is 4.20. The molecule has 3 aromatic rings. The number of benzene rings is 2. The molecule has 0 unspecified atom stereocenters. The van der Waals surface area contributed by atoms with E-state index in [2.05, 4.69) is 45.1 Å². The third kappa shape index (κ3) is 2.62. The van der Waals surface area contributed by atoms with E-state index in [0.717, 1.165) is 23.0 Å². The van der Waals surface area contributed by atoms with Crippen LogP contribution in [0.1, 0.15) is 34.7 Å². The lowest BCUT2D eigenvalue weighted by Crippen LogP contribution is -2.60. The Hall–Kier alpha value is -2.72. The van der Waals surface area contributed by atoms with Crippen molar-refractivity contribution in [2.75, 3.05) is 19.6 Å². The van der Waals surface area contributed by atoms with E-state index in [1.807, 2.05) is 30.3 Å². The van der Waals surface area contributed by atoms with Crippen molar-refractivity contribution in [3.05, 3.63) is 78.0 Å². The molecule has 0 spiro atoms. The van der Waals surface area contributed by atoms with E-state index in [9.17, 15) is 4.79 Å². The lowest BCUT2D eigenvalue weighted by atomic mass is 9.75. The molecule has 0 saturated carbocycles. The minimum absolute atomic E-state index is 0.150. The predicted octanol–water partition coefficient (Wildman–Crippen LogP) is 3.94. The molecule has 1 aromatic heterocycles. The van der Waals surface area contributed by atoms with Gasteiger partial charge in [0.05, 0.1) is 17.1 Å². The number of piperidine rings is 3. The Bertz CT molecular complexity index is 1050. The second-order valence-corrected chi connectivity index (χ2v) is 8.71. The van der Waals surface area contributed by atoms with Crippen LogP contribution in [-0.2, 0) is 0 Å². The summed E-state index contributed by atoms with van der Waals surface area (Å²) < 4.78 is 0. The molecule has 0 aliphatic carbocycles. The molecule has 4 saturated heterocycles. The zero-order valence-electron chi connectivity index (χ0n) is 16.4. The van der Waals surface area contributed by atoms with Gasteiger partial charge in [0.1, 0.15) is 0 Å². The number of rotatable bonds is 2. The molecule has 4 aliphatic heterocycles. The molecule has 5 heterocycles. The van der Waals surface area contributed by atoms with Crippen molar-refractivity contribution in [2.24, 2.45) is 5.92 Å². The number of pyridine rings is 1. The third-order valence-electron chi connectivity index (χ3n) is 7.35. The smallest absolute Gasteiger partial charge is 0.256 e. The van der Waals surface area contributed by atoms with Crippen molar-refractivity contribution in [3.63, 3.8) is 0 Å². The molecule has 4 heteroatoms. The molecule has 29 heavy (non-hydrogen) atoms. The van der Waals surface area contributed by atoms with E-state index >= 15 is 0 Å². The SMILES string of the molecule is O=C(c1cccc2cccnc12)N1C[C@H](c2ccccc2)[C@@H]2[C@H]1C1CCN2CC1. The van der Waals surface area contributed by atoms with Gasteiger partial charge in [-0.05, 0) is 49.5 Å². The molecule has 1 amide bonds. The summed E-state index contributed by atoms with van der Waals surface area (Å²) in [5, 5.41) is 1.03. The highest BCUT2D eigenvalue weighted by molar-refractivity contribution is 6.05. The quantitative estimate of drug-likeness (QED) is 0.673. The molecule has 7 rings (SSSR count). The van der Waals surface area contributed by atoms with Crippen LogP contribution in [0.5, 0.6) is 0 Å². The Labute approximate surface area is 171 Å². The lowest BCUT2D eigenvalue weighted by Gasteiger charge is -2.51. The van der Waals surface area contributed by atoms with Gasteiger partial charge < -0.3 is 4.90 Å². The molecule has 146 valence electrons. The number of carbonyl (C=O) groups excluding carboxylic acids is 1. The van der Waals surface area contributed by atoms with Gasteiger partial charge >= 0.3 is 0 Å². The van der Waals surface area contributed by atoms with Gasteiger partial charge in [-0.1, -0.05) is 48.5 Å². The Morgan fingerprint density at radius 3 is 2.52 bits per heavy atom. The third-order valence-corrected chi connectivity index (χ3v) is 7.35. The van der Waals surface area contributed by atoms with Crippen LogP contribution in [0.4, 0.5) is 0 Å². The van der Waals surface area contributed by atoms with Crippen molar-refractivity contribution in [3.8, 4) is 0 Å². The van der Waals surface area contributed by atoms with Gasteiger partial charge in [-0.25, -0.2) is 0 Å². The van der Waals surface area contributed by atoms with E-state index < -0.39 is 0 Å². The molecule has 4 nitrogen and oxygen atoms in total. The minimum atomic E-state index is 0.150. The van der Waals surface area contributed by atoms with Crippen LogP contribution in [0, 0.1) is 5.92 Å². The van der Waals surface area contributed by atoms with Gasteiger partial charge in [-0.2, -0.15) is 0 Å². The van der Waals surface area contributed by atoms with Gasteiger partial charge in [0, 0.05) is 30.1 Å². The van der Waals surface area contributed by atoms with Crippen LogP contribution in [0.2, 0.25) is 0 Å². The average molecular weight is 383 g/mol. The first-order valence-electron chi connectivity index (χ1n) is 10.7. The van der Waals surface area contributed by atoms with Crippen LogP contribution in [-0.4, -0.2) is 52.4 Å². The average Bonchev–Trinajstić information content (AvgIpc) is 3.23. The summed E-state index contributed by atoms with van der Waals surface area (Å²) in [5.41, 5.74) is 2.93. The molecule has 2 aromatic carbocycles. The van der Waals surface area contributed by atoms with Crippen molar-refractivity contribution in [1.82, 2.24) is 14.8 Å². The second-order valence-electron chi connectivity index (χ2n) is 8.71. The van der Waals surface area contributed by atoms with Crippen molar-refractivity contribution in [1.29, 1.82) is 0 Å². The first kappa shape index (κ1) is 17.2. The van der Waals surface area contributed by atoms with E-state index in [-0.39, 0.29) is 5.91 Å². The molecule has 4 fully saturated rings. The summed E-state index contributed by atoms with van der Waals surface area (Å²) >= 11 is 0. The van der Waals surface area contributed by atoms with Crippen LogP contribution in [0.3, 0.4) is 0 Å². The second kappa shape index (κ2) is 6.67. The lowest BCUT2D eigenvalue weighted by molar-refractivity contribution is -0.00335. The Morgan fingerprint density at radius 2 is 1.69 bits per heavy atom. The summed E-state index contributed by atoms with van der Waals surface area (Å²) in [6, 6.07) is 21.5. The topological polar surface area (TPSA) is 36.4 Å². The molecule has 3 atom stereocenters. The number of nitrogens with zero attached hydrogens (tertiary/aromatic N) is 3. The summed E-state index contributed by atoms with van der Waals surface area (Å²) in [7, 11) is 0. The van der Waals surface area contributed by atoms with Crippen LogP contribution < -0.4 is 0 Å². The van der Waals surface area contributed by atoms with Gasteiger partial charge in [0.2, 0.25) is 0 Å². The zero-order chi connectivity index (χ0) is 19.4. The van der Waals surface area contributed by atoms with Crippen molar-refractivity contribution in [2.45, 2.75) is 30.8 Å². The number of fused-ring (bicyclic) bond motifs is 3. The van der Waals surface area contributed by atoms with Crippen LogP contribution >= 0.6 is 0 Å². The first-order valence-corrected chi connectivity index (χ1v) is 10.7. The monoisotopic (exact) mass is 383 g/mol. The van der Waals surface area contributed by atoms with Gasteiger partial charge in [-0.3, -0.25) is 14.7 Å². The Kier molecular flexibility index (Phi) is 3.95. The molecule has 0 N–H and O–H groups in total. The maximum Gasteiger partial charge on any atom is 0.256 e. The van der Waals surface area contributed by atoms with E-state index in [0.29, 0.717) is 23.9 Å². The van der Waals surface area contributed by atoms with E-state index in [1.54, 1.807) is 6.20 Å². The normalized spacial score (nSPS) is 30.5. The fourth-order valence-electron chi connectivity index (χ4n) is 6.08. The highest BCUT2D eigenvalue weighted by Crippen LogP contribution is 2.47. The van der Waals surface area contributed by atoms with Crippen molar-refractivity contribution >= 4 is 16.8 Å². The number of amides is 1. The van der Waals surface area contributed by atoms with E-state index in [1.165, 1.54) is 31.5 Å². The highest BCUT2D eigenvalue weighted by Gasteiger charge is 2.54. The van der Waals surface area contributed by atoms with E-state index in [4.69, 9.17) is 0 Å². The summed E-state index contributed by atoms with van der Waals surface area (Å²) in [5.74, 6) is 1.15. The van der Waals surface area contributed by atoms with Gasteiger partial charge in [0.25, 0.3) is 5.91 Å². The van der Waals surface area contributed by atoms with Crippen LogP contribution in [0.25, 0.3) is 10.9 Å². The Balaban J connectivity index is 1.43. The number of carbonyl (C=O) groups is 1. The number of aromatic nitrogens is 1. The maximum absolute atomic E-state index is 13.8. The predicted molar refractivity (Wildman–Crippen MR) is 114 cm³/mol. The highest BCUT2D eigenvalue weighted by atomic mass is 16.2. The first-order chi connectivity index (χ1) is 14.3. The van der Waals surface area contributed by atoms with Gasteiger partial charge in [0.15, 0.2) is 0 Å². The summed E-state index contributed by atoms with van der Waals surface area (Å²) in [4.78, 5) is 23.2. The summed E-state index contributed by atoms with van der Waals surface area (Å²) in [6.45, 7) is 3.15. The number of hydrogen-bond donors (Lipinski definition) is 0.